The highest BCUT2D eigenvalue weighted by Crippen LogP contribution is 2.28. The largest absolute Gasteiger partial charge is 0.478 e. The number of carbonyl (C=O) groups excluding carboxylic acids is 2. The van der Waals surface area contributed by atoms with Crippen molar-refractivity contribution in [2.75, 3.05) is 18.5 Å². The van der Waals surface area contributed by atoms with Crippen LogP contribution in [0.3, 0.4) is 0 Å². The van der Waals surface area contributed by atoms with Gasteiger partial charge >= 0.3 is 23.9 Å². The fourth-order valence-electron chi connectivity index (χ4n) is 3.92. The number of nitrogen functional groups attached to an aromatic ring is 1. The predicted octanol–water partition coefficient (Wildman–Crippen LogP) is 2.69. The Bertz CT molecular complexity index is 1450. The number of nitrogens with zero attached hydrogens (tertiary/aromatic N) is 1. The number of nitrogens with one attached hydrogen (secondary N) is 1. The Labute approximate surface area is 264 Å². The number of anilines is 1. The van der Waals surface area contributed by atoms with Gasteiger partial charge in [-0.2, -0.15) is 8.42 Å². The van der Waals surface area contributed by atoms with Crippen LogP contribution >= 0.6 is 11.3 Å². The summed E-state index contributed by atoms with van der Waals surface area (Å²) in [6.07, 6.45) is 0.895. The lowest BCUT2D eigenvalue weighted by atomic mass is 9.98. The summed E-state index contributed by atoms with van der Waals surface area (Å²) < 4.78 is 35.4. The van der Waals surface area contributed by atoms with Gasteiger partial charge in [0.1, 0.15) is 0 Å². The van der Waals surface area contributed by atoms with Crippen LogP contribution in [-0.2, 0) is 42.0 Å². The maximum Gasteiger partial charge on any atom is 0.349 e. The average Bonchev–Trinajstić information content (AvgIpc) is 3.37. The molecular weight excluding hydrogens is 630 g/mol. The van der Waals surface area contributed by atoms with E-state index in [0.717, 1.165) is 24.5 Å². The molecule has 0 fully saturated rings. The van der Waals surface area contributed by atoms with Crippen molar-refractivity contribution in [2.45, 2.75) is 50.9 Å². The van der Waals surface area contributed by atoms with Crippen molar-refractivity contribution in [1.82, 2.24) is 10.3 Å². The molecule has 2 aromatic carbocycles. The summed E-state index contributed by atoms with van der Waals surface area (Å²) in [5.74, 6) is -5.63. The molecule has 0 aliphatic heterocycles. The summed E-state index contributed by atoms with van der Waals surface area (Å²) in [5, 5.41) is 22.8. The van der Waals surface area contributed by atoms with E-state index in [1.165, 1.54) is 71.9 Å². The third-order valence-electron chi connectivity index (χ3n) is 5.89. The minimum atomic E-state index is -3.67. The van der Waals surface area contributed by atoms with Crippen molar-refractivity contribution in [3.8, 4) is 0 Å². The molecule has 0 saturated carbocycles. The normalized spacial score (nSPS) is 15.0. The number of hydrogen-bond acceptors (Lipinski definition) is 12. The third-order valence-corrected chi connectivity index (χ3v) is 6.84. The maximum atomic E-state index is 12.0. The fraction of sp³-hybridized carbons (Fsp3) is 0.345. The molecular formula is C29H35N3O11S2. The van der Waals surface area contributed by atoms with E-state index in [1.54, 1.807) is 23.5 Å². The summed E-state index contributed by atoms with van der Waals surface area (Å²) >= 11 is 1.65. The molecule has 3 aromatic rings. The summed E-state index contributed by atoms with van der Waals surface area (Å²) in [4.78, 5) is 52.6. The Morgan fingerprint density at radius 1 is 0.956 bits per heavy atom. The van der Waals surface area contributed by atoms with Gasteiger partial charge < -0.3 is 30.7 Å². The summed E-state index contributed by atoms with van der Waals surface area (Å²) in [5.41, 5.74) is 6.98. The number of carbonyl (C=O) groups is 4. The van der Waals surface area contributed by atoms with Crippen molar-refractivity contribution in [1.29, 1.82) is 0 Å². The molecule has 1 unspecified atom stereocenters. The molecule has 0 radical (unpaired) electrons. The molecule has 0 saturated heterocycles. The molecule has 244 valence electrons. The lowest BCUT2D eigenvalue weighted by Crippen LogP contribution is -2.45. The number of nitrogens with two attached hydrogens (primary N) is 1. The molecule has 1 aliphatic carbocycles. The number of ether oxygens (including phenoxy) is 2. The number of hydrogen-bond donors (Lipinski definition) is 5. The second-order valence-electron chi connectivity index (χ2n) is 9.61. The van der Waals surface area contributed by atoms with Gasteiger partial charge in [0.2, 0.25) is 12.2 Å². The van der Waals surface area contributed by atoms with E-state index in [9.17, 15) is 37.8 Å². The van der Waals surface area contributed by atoms with Gasteiger partial charge in [0.05, 0.1) is 23.1 Å². The molecule has 0 spiro atoms. The summed E-state index contributed by atoms with van der Waals surface area (Å²) in [6.45, 7) is 3.32. The van der Waals surface area contributed by atoms with E-state index < -0.39 is 46.2 Å². The van der Waals surface area contributed by atoms with Gasteiger partial charge in [-0.25, -0.2) is 24.2 Å². The molecule has 1 aromatic heterocycles. The lowest BCUT2D eigenvalue weighted by molar-refractivity contribution is -0.166. The standard InChI is InChI=1S/C18H14O8.C10H17N3S.CH4O3S/c19-15(20)13(25-17(23)11-7-3-1-4-8-11)14(16(21)22)26-18(24)12-9-5-2-6-10-12;1-2-5-12-7-3-4-8-9(6-7)14-10(11)13-8;1-5(2,3)4/h1-10,13-14H,(H,19,20)(H,21,22);7,12H,2-6H2,1H3,(H2,11,13);1H3,(H,2,3,4)/t13-,14-;;/m0../s1. The van der Waals surface area contributed by atoms with Crippen molar-refractivity contribution < 1.29 is 51.8 Å². The number of esters is 2. The first-order chi connectivity index (χ1) is 21.2. The van der Waals surface area contributed by atoms with Gasteiger partial charge in [-0.15, -0.1) is 11.3 Å². The van der Waals surface area contributed by atoms with Gasteiger partial charge in [0.25, 0.3) is 10.1 Å². The quantitative estimate of drug-likeness (QED) is 0.155. The minimum absolute atomic E-state index is 0.0253. The first-order valence-electron chi connectivity index (χ1n) is 13.6. The molecule has 0 bridgehead atoms. The van der Waals surface area contributed by atoms with Crippen molar-refractivity contribution in [2.24, 2.45) is 0 Å². The zero-order valence-electron chi connectivity index (χ0n) is 24.5. The van der Waals surface area contributed by atoms with Crippen molar-refractivity contribution >= 4 is 50.5 Å². The van der Waals surface area contributed by atoms with E-state index in [4.69, 9.17) is 19.8 Å². The zero-order chi connectivity index (χ0) is 33.6. The van der Waals surface area contributed by atoms with Crippen LogP contribution in [0.5, 0.6) is 0 Å². The maximum absolute atomic E-state index is 12.0. The number of benzene rings is 2. The molecule has 1 heterocycles. The predicted molar refractivity (Wildman–Crippen MR) is 165 cm³/mol. The Kier molecular flexibility index (Phi) is 14.6. The van der Waals surface area contributed by atoms with Gasteiger partial charge in [-0.1, -0.05) is 43.3 Å². The molecule has 0 amide bonds. The molecule has 4 rings (SSSR count). The van der Waals surface area contributed by atoms with E-state index in [2.05, 4.69) is 17.2 Å². The first kappa shape index (κ1) is 36.8. The Morgan fingerprint density at radius 2 is 1.40 bits per heavy atom. The van der Waals surface area contributed by atoms with E-state index in [0.29, 0.717) is 12.3 Å². The van der Waals surface area contributed by atoms with Gasteiger partial charge in [0.15, 0.2) is 5.13 Å². The van der Waals surface area contributed by atoms with Gasteiger partial charge in [0, 0.05) is 10.9 Å². The van der Waals surface area contributed by atoms with Gasteiger partial charge in [-0.05, 0) is 56.5 Å². The van der Waals surface area contributed by atoms with Crippen LogP contribution in [0.15, 0.2) is 60.7 Å². The molecule has 45 heavy (non-hydrogen) atoms. The second kappa shape index (κ2) is 17.8. The number of thiazole rings is 1. The highest BCUT2D eigenvalue weighted by atomic mass is 32.2. The van der Waals surface area contributed by atoms with E-state index in [-0.39, 0.29) is 11.1 Å². The van der Waals surface area contributed by atoms with Crippen LogP contribution in [0.2, 0.25) is 0 Å². The van der Waals surface area contributed by atoms with Crippen LogP contribution in [0.25, 0.3) is 0 Å². The summed E-state index contributed by atoms with van der Waals surface area (Å²) in [6, 6.07) is 15.5. The second-order valence-corrected chi connectivity index (χ2v) is 12.2. The van der Waals surface area contributed by atoms with Crippen LogP contribution in [-0.4, -0.2) is 83.1 Å². The number of carboxylic acids is 2. The molecule has 1 aliphatic rings. The van der Waals surface area contributed by atoms with Crippen LogP contribution in [0.1, 0.15) is 51.1 Å². The minimum Gasteiger partial charge on any atom is -0.478 e. The Balaban J connectivity index is 0.000000307. The van der Waals surface area contributed by atoms with Crippen LogP contribution < -0.4 is 11.1 Å². The van der Waals surface area contributed by atoms with E-state index in [1.807, 2.05) is 0 Å². The number of aryl methyl sites for hydroxylation is 1. The number of rotatable bonds is 10. The Morgan fingerprint density at radius 3 is 1.80 bits per heavy atom. The highest BCUT2D eigenvalue weighted by Gasteiger charge is 2.41. The topological polar surface area (TPSA) is 233 Å². The zero-order valence-corrected chi connectivity index (χ0v) is 26.1. The van der Waals surface area contributed by atoms with Crippen LogP contribution in [0, 0.1) is 0 Å². The smallest absolute Gasteiger partial charge is 0.349 e. The SMILES string of the molecule is CCCNC1CCc2nc(N)sc2C1.CS(=O)(=O)O.O=C(O[C@H](C(=O)O)[C@H](OC(=O)c1ccccc1)C(=O)O)c1ccccc1. The average molecular weight is 666 g/mol. The highest BCUT2D eigenvalue weighted by molar-refractivity contribution is 7.85. The monoisotopic (exact) mass is 665 g/mol. The number of aromatic nitrogens is 1. The third kappa shape index (κ3) is 13.4. The lowest BCUT2D eigenvalue weighted by Gasteiger charge is -2.21. The molecule has 16 heteroatoms. The fourth-order valence-corrected chi connectivity index (χ4v) is 4.87. The summed E-state index contributed by atoms with van der Waals surface area (Å²) in [7, 11) is -3.67. The van der Waals surface area contributed by atoms with E-state index >= 15 is 0 Å². The molecule has 6 N–H and O–H groups in total. The van der Waals surface area contributed by atoms with Gasteiger partial charge in [-0.3, -0.25) is 4.55 Å². The number of fused-ring (bicyclic) bond motifs is 1. The van der Waals surface area contributed by atoms with Crippen LogP contribution in [0.4, 0.5) is 5.13 Å². The molecule has 14 nitrogen and oxygen atoms in total. The van der Waals surface area contributed by atoms with Crippen molar-refractivity contribution in [3.63, 3.8) is 0 Å². The number of carboxylic acid groups (broad SMARTS) is 2. The Hall–Kier alpha value is -4.38. The van der Waals surface area contributed by atoms with Crippen molar-refractivity contribution in [3.05, 3.63) is 82.4 Å². The first-order valence-corrected chi connectivity index (χ1v) is 16.2. The number of aliphatic carboxylic acids is 2. The molecule has 3 atom stereocenters.